The molecule has 4 aliphatic rings. The van der Waals surface area contributed by atoms with Crippen LogP contribution in [0.4, 0.5) is 0 Å². The molecule has 2 nitrogen and oxygen atoms in total. The number of hydrogen-bond donors (Lipinski definition) is 0. The predicted molar refractivity (Wildman–Crippen MR) is 236 cm³/mol. The maximum Gasteiger partial charge on any atom is 0.180 e. The van der Waals surface area contributed by atoms with Crippen LogP contribution in [0.5, 0.6) is 5.75 Å². The third kappa shape index (κ3) is 7.76. The Bertz CT molecular complexity index is 2240. The Morgan fingerprint density at radius 1 is 0.722 bits per heavy atom. The summed E-state index contributed by atoms with van der Waals surface area (Å²) in [5, 5.41) is 4.69. The first-order valence-electron chi connectivity index (χ1n) is 18.6. The fourth-order valence-electron chi connectivity index (χ4n) is 9.34. The Balaban J connectivity index is 0.000000515. The van der Waals surface area contributed by atoms with Gasteiger partial charge in [0.15, 0.2) is 8.59 Å². The predicted octanol–water partition coefficient (Wildman–Crippen LogP) is 15.1. The largest absolute Gasteiger partial charge is 0.488 e. The van der Waals surface area contributed by atoms with Crippen LogP contribution in [0.15, 0.2) is 91.0 Å². The highest BCUT2D eigenvalue weighted by atomic mass is 35.6. The van der Waals surface area contributed by atoms with Crippen LogP contribution in [0.3, 0.4) is 0 Å². The van der Waals surface area contributed by atoms with E-state index in [1.54, 1.807) is 0 Å². The first-order chi connectivity index (χ1) is 25.9. The second-order valence-electron chi connectivity index (χ2n) is 15.1. The highest BCUT2D eigenvalue weighted by Gasteiger charge is 2.50. The number of benzene rings is 5. The van der Waals surface area contributed by atoms with Gasteiger partial charge in [0.25, 0.3) is 0 Å². The summed E-state index contributed by atoms with van der Waals surface area (Å²) in [6.07, 6.45) is 7.73. The average molecular weight is 860 g/mol. The van der Waals surface area contributed by atoms with E-state index in [-0.39, 0.29) is 5.66 Å². The molecule has 0 aromatic heterocycles. The van der Waals surface area contributed by atoms with Crippen molar-refractivity contribution in [3.05, 3.63) is 119 Å². The average Bonchev–Trinajstić information content (AvgIpc) is 3.44. The molecule has 2 aliphatic heterocycles. The number of ether oxygens (including phenoxy) is 1. The van der Waals surface area contributed by atoms with Crippen LogP contribution in [-0.2, 0) is 24.0 Å². The van der Waals surface area contributed by atoms with Crippen molar-refractivity contribution in [3.63, 3.8) is 0 Å². The van der Waals surface area contributed by atoms with Crippen molar-refractivity contribution in [1.82, 2.24) is 0 Å². The van der Waals surface area contributed by atoms with Gasteiger partial charge in [0.05, 0.1) is 0 Å². The van der Waals surface area contributed by atoms with Gasteiger partial charge in [-0.1, -0.05) is 176 Å². The second kappa shape index (κ2) is 16.8. The van der Waals surface area contributed by atoms with Gasteiger partial charge in [0.1, 0.15) is 19.5 Å². The fraction of sp³-hybridized carbons (Fsp3) is 0.333. The van der Waals surface area contributed by atoms with Gasteiger partial charge in [0.2, 0.25) is 0 Å². The Kier molecular flexibility index (Phi) is 12.4. The van der Waals surface area contributed by atoms with Gasteiger partial charge in [-0.15, -0.1) is 0 Å². The molecule has 0 N–H and O–H groups in total. The molecular formula is C45H43Cl6O2P. The van der Waals surface area contributed by atoms with Crippen LogP contribution < -0.4 is 10.0 Å². The summed E-state index contributed by atoms with van der Waals surface area (Å²) in [5.74, 6) is 2.42. The van der Waals surface area contributed by atoms with Crippen molar-refractivity contribution < 1.29 is 9.30 Å². The van der Waals surface area contributed by atoms with E-state index in [0.29, 0.717) is 24.4 Å². The van der Waals surface area contributed by atoms with E-state index in [1.807, 2.05) is 0 Å². The van der Waals surface area contributed by atoms with E-state index >= 15 is 4.57 Å². The lowest BCUT2D eigenvalue weighted by molar-refractivity contribution is 0.238. The number of hydrogen-bond acceptors (Lipinski definition) is 2. The number of halogens is 6. The molecule has 2 heterocycles. The van der Waals surface area contributed by atoms with E-state index in [1.165, 1.54) is 50.6 Å². The van der Waals surface area contributed by atoms with Gasteiger partial charge in [-0.2, -0.15) is 0 Å². The van der Waals surface area contributed by atoms with Crippen molar-refractivity contribution in [2.45, 2.75) is 73.7 Å². The van der Waals surface area contributed by atoms with Crippen molar-refractivity contribution in [2.75, 3.05) is 0 Å². The number of fused-ring (bicyclic) bond motifs is 10. The molecule has 0 bridgehead atoms. The summed E-state index contributed by atoms with van der Waals surface area (Å²) in [5.41, 5.74) is 11.5. The Hall–Kier alpha value is -2.13. The minimum absolute atomic E-state index is 0.139. The number of alkyl halides is 6. The smallest absolute Gasteiger partial charge is 0.180 e. The first kappa shape index (κ1) is 40.1. The molecule has 5 aromatic rings. The van der Waals surface area contributed by atoms with Crippen molar-refractivity contribution in [1.29, 1.82) is 0 Å². The quantitative estimate of drug-likeness (QED) is 0.133. The van der Waals surface area contributed by atoms with Crippen molar-refractivity contribution in [3.8, 4) is 28.0 Å². The SMILES string of the molecule is CC(C)[C@@H]1CC[C@@H](C)C[C@H]1[P@@]1(=O)C(c2ccccc2)=Cc2cc3c(cc21)-c1c(ccc2c1-c1c(ccc4ccccc14)CC2)CO3.ClC(Cl)Cl.ClC(Cl)Cl. The van der Waals surface area contributed by atoms with Crippen molar-refractivity contribution in [2.24, 2.45) is 17.8 Å². The third-order valence-electron chi connectivity index (χ3n) is 11.6. The molecule has 0 radical (unpaired) electrons. The normalized spacial score (nSPS) is 22.1. The molecule has 1 saturated carbocycles. The number of rotatable bonds is 3. The summed E-state index contributed by atoms with van der Waals surface area (Å²) in [7, 11) is -3.00. The Labute approximate surface area is 349 Å². The zero-order valence-corrected chi connectivity index (χ0v) is 35.9. The molecule has 0 spiro atoms. The number of aryl methyl sites for hydroxylation is 2. The monoisotopic (exact) mass is 856 g/mol. The molecule has 0 amide bonds. The molecule has 54 heavy (non-hydrogen) atoms. The Morgan fingerprint density at radius 3 is 2.06 bits per heavy atom. The lowest BCUT2D eigenvalue weighted by Crippen LogP contribution is -2.34. The van der Waals surface area contributed by atoms with Gasteiger partial charge in [0, 0.05) is 27.4 Å². The first-order valence-corrected chi connectivity index (χ1v) is 23.0. The molecule has 4 atom stereocenters. The molecule has 0 unspecified atom stereocenters. The summed E-state index contributed by atoms with van der Waals surface area (Å²) >= 11 is 28.8. The second-order valence-corrected chi connectivity index (χ2v) is 22.0. The molecule has 9 rings (SSSR count). The van der Waals surface area contributed by atoms with Crippen molar-refractivity contribution >= 4 is 104 Å². The molecule has 5 aromatic carbocycles. The van der Waals surface area contributed by atoms with E-state index in [4.69, 9.17) is 74.3 Å². The molecule has 2 aliphatic carbocycles. The molecule has 9 heteroatoms. The maximum atomic E-state index is 16.3. The van der Waals surface area contributed by atoms with Crippen LogP contribution in [0.25, 0.3) is 44.4 Å². The minimum Gasteiger partial charge on any atom is -0.488 e. The lowest BCUT2D eigenvalue weighted by atomic mass is 9.77. The van der Waals surface area contributed by atoms with Crippen LogP contribution in [0, 0.1) is 17.8 Å². The molecule has 1 fully saturated rings. The zero-order chi connectivity index (χ0) is 38.3. The third-order valence-corrected chi connectivity index (χ3v) is 15.4. The van der Waals surface area contributed by atoms with Crippen LogP contribution in [0.1, 0.15) is 67.9 Å². The standard InChI is InChI=1S/C43H41O2P.2CHCl3/c1-26(2)34-20-13-27(3)21-40(34)46(44)38(29-10-5-4-6-11-29)23-33-22-37-36(24-39(33)46)42-32(25-45-37)19-18-31-17-16-30-15-14-28-9-7-8-12-35(28)41(30)43(31)42;2*2-1(3)4/h4-12,14-15,18-19,22-24,26-27,34,40H,13,16-17,20-21,25H2,1-3H3;2*1H/t27-,34+,40-,46-;;/m1../s1. The van der Waals surface area contributed by atoms with Gasteiger partial charge in [-0.25, -0.2) is 0 Å². The maximum absolute atomic E-state index is 16.3. The highest BCUT2D eigenvalue weighted by molar-refractivity contribution is 7.82. The highest BCUT2D eigenvalue weighted by Crippen LogP contribution is 2.71. The molecule has 282 valence electrons. The Morgan fingerprint density at radius 2 is 1.35 bits per heavy atom. The van der Waals surface area contributed by atoms with E-state index < -0.39 is 15.7 Å². The zero-order valence-electron chi connectivity index (χ0n) is 30.5. The van der Waals surface area contributed by atoms with E-state index in [9.17, 15) is 0 Å². The summed E-state index contributed by atoms with van der Waals surface area (Å²) in [6, 6.07) is 33.1. The summed E-state index contributed by atoms with van der Waals surface area (Å²) in [6.45, 7) is 7.60. The van der Waals surface area contributed by atoms with E-state index in [2.05, 4.69) is 118 Å². The van der Waals surface area contributed by atoms with Crippen LogP contribution >= 0.6 is 76.7 Å². The van der Waals surface area contributed by atoms with Gasteiger partial charge in [-0.3, -0.25) is 0 Å². The minimum atomic E-state index is -3.00. The topological polar surface area (TPSA) is 26.3 Å². The van der Waals surface area contributed by atoms with Gasteiger partial charge in [-0.05, 0) is 111 Å². The fourth-order valence-corrected chi connectivity index (χ4v) is 13.7. The molecule has 0 saturated heterocycles. The molecular weight excluding hydrogens is 816 g/mol. The summed E-state index contributed by atoms with van der Waals surface area (Å²) < 4.78 is 21.4. The summed E-state index contributed by atoms with van der Waals surface area (Å²) in [4.78, 5) is 0. The van der Waals surface area contributed by atoms with Crippen LogP contribution in [-0.4, -0.2) is 14.2 Å². The van der Waals surface area contributed by atoms with E-state index in [0.717, 1.165) is 58.7 Å². The van der Waals surface area contributed by atoms with Crippen LogP contribution in [0.2, 0.25) is 0 Å². The van der Waals surface area contributed by atoms with Gasteiger partial charge < -0.3 is 9.30 Å². The van der Waals surface area contributed by atoms with Gasteiger partial charge >= 0.3 is 0 Å². The lowest BCUT2D eigenvalue weighted by Gasteiger charge is -2.42.